The van der Waals surface area contributed by atoms with Crippen molar-refractivity contribution in [2.45, 2.75) is 37.6 Å². The van der Waals surface area contributed by atoms with Crippen LogP contribution in [-0.4, -0.2) is 66.3 Å². The second kappa shape index (κ2) is 8.08. The van der Waals surface area contributed by atoms with Crippen LogP contribution in [0.25, 0.3) is 0 Å². The maximum atomic E-state index is 11.3. The van der Waals surface area contributed by atoms with E-state index in [2.05, 4.69) is 9.50 Å². The van der Waals surface area contributed by atoms with Gasteiger partial charge < -0.3 is 25.0 Å². The standard InChI is InChI=1S/C14H19NO9S/c1-8(16)15-11-13(18)12(17)10(7-22-25(19,20)21)24-14(11)23-9-5-3-2-4-6-9/h2-6,10-14,17-18H,7H2,1H3,(H,15,16)(H,19,20,21)/t10?,11?,12-,13+,14?/m0/s1. The Bertz CT molecular complexity index is 681. The molecule has 0 saturated carbocycles. The molecule has 0 radical (unpaired) electrons. The van der Waals surface area contributed by atoms with E-state index >= 15 is 0 Å². The molecule has 1 aliphatic rings. The maximum Gasteiger partial charge on any atom is 0.397 e. The fraction of sp³-hybridized carbons (Fsp3) is 0.500. The first-order valence-electron chi connectivity index (χ1n) is 7.29. The van der Waals surface area contributed by atoms with Crippen molar-refractivity contribution in [2.75, 3.05) is 6.61 Å². The van der Waals surface area contributed by atoms with E-state index in [4.69, 9.17) is 14.0 Å². The van der Waals surface area contributed by atoms with Crippen molar-refractivity contribution in [3.8, 4) is 5.75 Å². The van der Waals surface area contributed by atoms with Crippen molar-refractivity contribution in [3.63, 3.8) is 0 Å². The van der Waals surface area contributed by atoms with Gasteiger partial charge in [0.2, 0.25) is 12.2 Å². The number of amides is 1. The summed E-state index contributed by atoms with van der Waals surface area (Å²) in [4.78, 5) is 11.3. The summed E-state index contributed by atoms with van der Waals surface area (Å²) < 4.78 is 45.2. The van der Waals surface area contributed by atoms with Crippen LogP contribution >= 0.6 is 0 Å². The molecule has 0 spiro atoms. The van der Waals surface area contributed by atoms with Crippen molar-refractivity contribution in [3.05, 3.63) is 30.3 Å². The number of benzene rings is 1. The zero-order chi connectivity index (χ0) is 18.6. The first-order valence-corrected chi connectivity index (χ1v) is 8.66. The van der Waals surface area contributed by atoms with Crippen LogP contribution < -0.4 is 10.1 Å². The number of hydrogen-bond donors (Lipinski definition) is 4. The molecule has 0 bridgehead atoms. The Labute approximate surface area is 144 Å². The summed E-state index contributed by atoms with van der Waals surface area (Å²) in [5, 5.41) is 22.7. The van der Waals surface area contributed by atoms with E-state index in [-0.39, 0.29) is 0 Å². The Morgan fingerprint density at radius 1 is 1.24 bits per heavy atom. The Balaban J connectivity index is 2.18. The molecular formula is C14H19NO9S. The summed E-state index contributed by atoms with van der Waals surface area (Å²) >= 11 is 0. The van der Waals surface area contributed by atoms with Gasteiger partial charge in [-0.3, -0.25) is 9.35 Å². The zero-order valence-corrected chi connectivity index (χ0v) is 14.0. The van der Waals surface area contributed by atoms with E-state index in [0.717, 1.165) is 0 Å². The molecule has 10 nitrogen and oxygen atoms in total. The fourth-order valence-electron chi connectivity index (χ4n) is 2.34. The monoisotopic (exact) mass is 377 g/mol. The van der Waals surface area contributed by atoms with Crippen LogP contribution in [0.2, 0.25) is 0 Å². The predicted molar refractivity (Wildman–Crippen MR) is 82.8 cm³/mol. The fourth-order valence-corrected chi connectivity index (χ4v) is 2.65. The highest BCUT2D eigenvalue weighted by Gasteiger charge is 2.46. The average Bonchev–Trinajstić information content (AvgIpc) is 2.53. The molecule has 4 N–H and O–H groups in total. The number of nitrogens with one attached hydrogen (secondary N) is 1. The molecule has 11 heteroatoms. The van der Waals surface area contributed by atoms with Crippen LogP contribution in [0.15, 0.2) is 30.3 Å². The SMILES string of the molecule is CC(=O)NC1C(Oc2ccccc2)OC(COS(=O)(=O)O)[C@H](O)[C@@H]1O. The molecule has 0 aliphatic carbocycles. The molecule has 1 aromatic carbocycles. The van der Waals surface area contributed by atoms with Gasteiger partial charge in [0.05, 0.1) is 6.61 Å². The topological polar surface area (TPSA) is 152 Å². The van der Waals surface area contributed by atoms with Crippen LogP contribution in [0.4, 0.5) is 0 Å². The third-order valence-corrected chi connectivity index (χ3v) is 3.88. The van der Waals surface area contributed by atoms with Crippen molar-refractivity contribution in [1.29, 1.82) is 0 Å². The van der Waals surface area contributed by atoms with Crippen LogP contribution in [0.3, 0.4) is 0 Å². The van der Waals surface area contributed by atoms with E-state index < -0.39 is 53.6 Å². The van der Waals surface area contributed by atoms with Gasteiger partial charge in [-0.1, -0.05) is 18.2 Å². The lowest BCUT2D eigenvalue weighted by Gasteiger charge is -2.42. The van der Waals surface area contributed by atoms with Gasteiger partial charge in [-0.2, -0.15) is 8.42 Å². The van der Waals surface area contributed by atoms with E-state index in [0.29, 0.717) is 5.75 Å². The molecule has 1 aromatic rings. The average molecular weight is 377 g/mol. The van der Waals surface area contributed by atoms with Crippen molar-refractivity contribution < 1.29 is 41.6 Å². The molecule has 1 saturated heterocycles. The van der Waals surface area contributed by atoms with Gasteiger partial charge in [-0.05, 0) is 12.1 Å². The van der Waals surface area contributed by atoms with Gasteiger partial charge >= 0.3 is 10.4 Å². The van der Waals surface area contributed by atoms with E-state index in [1.807, 2.05) is 0 Å². The molecule has 5 atom stereocenters. The van der Waals surface area contributed by atoms with Crippen molar-refractivity contribution in [2.24, 2.45) is 0 Å². The molecule has 0 aromatic heterocycles. The Morgan fingerprint density at radius 3 is 2.44 bits per heavy atom. The Hall–Kier alpha value is -1.76. The number of para-hydroxylation sites is 1. The first-order chi connectivity index (χ1) is 11.7. The van der Waals surface area contributed by atoms with Gasteiger partial charge in [0, 0.05) is 6.92 Å². The first kappa shape index (κ1) is 19.6. The molecule has 2 rings (SSSR count). The van der Waals surface area contributed by atoms with Crippen molar-refractivity contribution >= 4 is 16.3 Å². The minimum absolute atomic E-state index is 0.362. The molecule has 1 aliphatic heterocycles. The summed E-state index contributed by atoms with van der Waals surface area (Å²) in [6.45, 7) is 0.463. The molecule has 1 amide bonds. The van der Waals surface area contributed by atoms with Crippen LogP contribution in [0.5, 0.6) is 5.75 Å². The largest absolute Gasteiger partial charge is 0.463 e. The lowest BCUT2D eigenvalue weighted by molar-refractivity contribution is -0.242. The van der Waals surface area contributed by atoms with Gasteiger partial charge in [-0.15, -0.1) is 0 Å². The predicted octanol–water partition coefficient (Wildman–Crippen LogP) is -1.16. The highest BCUT2D eigenvalue weighted by Crippen LogP contribution is 2.25. The smallest absolute Gasteiger partial charge is 0.397 e. The number of carbonyl (C=O) groups is 1. The third-order valence-electron chi connectivity index (χ3n) is 3.45. The summed E-state index contributed by atoms with van der Waals surface area (Å²) in [6.07, 6.45) is -5.68. The van der Waals surface area contributed by atoms with E-state index in [1.54, 1.807) is 30.3 Å². The quantitative estimate of drug-likeness (QED) is 0.450. The molecule has 25 heavy (non-hydrogen) atoms. The number of carbonyl (C=O) groups excluding carboxylic acids is 1. The third kappa shape index (κ3) is 5.63. The minimum atomic E-state index is -4.76. The Morgan fingerprint density at radius 2 is 1.88 bits per heavy atom. The van der Waals surface area contributed by atoms with Crippen LogP contribution in [0.1, 0.15) is 6.92 Å². The summed E-state index contributed by atoms with van der Waals surface area (Å²) in [5.74, 6) is -0.130. The van der Waals surface area contributed by atoms with Gasteiger partial charge in [0.25, 0.3) is 0 Å². The normalized spacial score (nSPS) is 29.8. The van der Waals surface area contributed by atoms with Gasteiger partial charge in [-0.25, -0.2) is 4.18 Å². The Kier molecular flexibility index (Phi) is 6.32. The highest BCUT2D eigenvalue weighted by atomic mass is 32.3. The number of aliphatic hydroxyl groups excluding tert-OH is 2. The van der Waals surface area contributed by atoms with Gasteiger partial charge in [0.15, 0.2) is 0 Å². The van der Waals surface area contributed by atoms with Gasteiger partial charge in [0.1, 0.15) is 30.1 Å². The number of aliphatic hydroxyl groups is 2. The second-order valence-electron chi connectivity index (χ2n) is 5.39. The molecule has 140 valence electrons. The highest BCUT2D eigenvalue weighted by molar-refractivity contribution is 7.80. The maximum absolute atomic E-state index is 11.3. The minimum Gasteiger partial charge on any atom is -0.463 e. The second-order valence-corrected chi connectivity index (χ2v) is 6.48. The van der Waals surface area contributed by atoms with Crippen LogP contribution in [-0.2, 0) is 24.1 Å². The number of ether oxygens (including phenoxy) is 2. The number of hydrogen-bond acceptors (Lipinski definition) is 8. The van der Waals surface area contributed by atoms with E-state index in [1.165, 1.54) is 6.92 Å². The lowest BCUT2D eigenvalue weighted by atomic mass is 9.97. The summed E-state index contributed by atoms with van der Waals surface area (Å²) in [6, 6.07) is 7.23. The van der Waals surface area contributed by atoms with E-state index in [9.17, 15) is 23.4 Å². The summed E-state index contributed by atoms with van der Waals surface area (Å²) in [5.41, 5.74) is 0. The molecule has 1 fully saturated rings. The van der Waals surface area contributed by atoms with Crippen LogP contribution in [0, 0.1) is 0 Å². The molecule has 1 heterocycles. The zero-order valence-electron chi connectivity index (χ0n) is 13.2. The number of rotatable bonds is 6. The lowest BCUT2D eigenvalue weighted by Crippen LogP contribution is -2.65. The molecule has 3 unspecified atom stereocenters. The molecular weight excluding hydrogens is 358 g/mol. The summed E-state index contributed by atoms with van der Waals surface area (Å²) in [7, 11) is -4.76. The van der Waals surface area contributed by atoms with Crippen molar-refractivity contribution in [1.82, 2.24) is 5.32 Å².